The van der Waals surface area contributed by atoms with Gasteiger partial charge in [0.2, 0.25) is 0 Å². The molecule has 0 bridgehead atoms. The number of hydrogen-bond acceptors (Lipinski definition) is 3. The number of hydrogen-bond donors (Lipinski definition) is 0. The van der Waals surface area contributed by atoms with Crippen molar-refractivity contribution in [2.24, 2.45) is 5.92 Å². The minimum Gasteiger partial charge on any atom is -0.373 e. The first-order valence-electron chi connectivity index (χ1n) is 9.95. The van der Waals surface area contributed by atoms with E-state index in [1.165, 1.54) is 12.1 Å². The average molecular weight is 398 g/mol. The Kier molecular flexibility index (Phi) is 6.99. The summed E-state index contributed by atoms with van der Waals surface area (Å²) in [6.07, 6.45) is -0.314. The van der Waals surface area contributed by atoms with E-state index in [0.717, 1.165) is 0 Å². The Morgan fingerprint density at radius 3 is 2.52 bits per heavy atom. The third-order valence-electron chi connectivity index (χ3n) is 4.85. The Morgan fingerprint density at radius 2 is 1.83 bits per heavy atom. The summed E-state index contributed by atoms with van der Waals surface area (Å²) in [5.41, 5.74) is 0.691. The van der Waals surface area contributed by atoms with Gasteiger partial charge in [0.25, 0.3) is 11.8 Å². The molecule has 2 amide bonds. The highest BCUT2D eigenvalue weighted by Crippen LogP contribution is 2.16. The first kappa shape index (κ1) is 21.0. The number of carbonyl (C=O) groups excluding carboxylic acids is 2. The van der Waals surface area contributed by atoms with Crippen LogP contribution in [0.4, 0.5) is 4.39 Å². The van der Waals surface area contributed by atoms with Crippen LogP contribution >= 0.6 is 0 Å². The Morgan fingerprint density at radius 1 is 1.14 bits per heavy atom. The summed E-state index contributed by atoms with van der Waals surface area (Å²) < 4.78 is 19.8. The average Bonchev–Trinajstić information content (AvgIpc) is 2.73. The van der Waals surface area contributed by atoms with Gasteiger partial charge >= 0.3 is 0 Å². The lowest BCUT2D eigenvalue weighted by molar-refractivity contribution is -0.0341. The van der Waals surface area contributed by atoms with E-state index in [-0.39, 0.29) is 23.5 Å². The Bertz CT molecular complexity index is 841. The fraction of sp³-hybridized carbons (Fsp3) is 0.391. The van der Waals surface area contributed by atoms with Gasteiger partial charge in [-0.25, -0.2) is 4.39 Å². The number of morpholine rings is 1. The van der Waals surface area contributed by atoms with E-state index in [1.54, 1.807) is 34.1 Å². The molecule has 0 radical (unpaired) electrons. The minimum absolute atomic E-state index is 0.0551. The molecular formula is C23H27FN2O3. The summed E-state index contributed by atoms with van der Waals surface area (Å²) >= 11 is 0. The lowest BCUT2D eigenvalue weighted by atomic mass is 10.1. The maximum Gasteiger partial charge on any atom is 0.256 e. The predicted octanol–water partition coefficient (Wildman–Crippen LogP) is 3.47. The smallest absolute Gasteiger partial charge is 0.256 e. The van der Waals surface area contributed by atoms with Crippen LogP contribution in [0.3, 0.4) is 0 Å². The molecule has 1 unspecified atom stereocenters. The lowest BCUT2D eigenvalue weighted by Gasteiger charge is -2.36. The molecule has 6 heteroatoms. The van der Waals surface area contributed by atoms with Gasteiger partial charge in [0.1, 0.15) is 5.82 Å². The van der Waals surface area contributed by atoms with Crippen LogP contribution in [-0.4, -0.2) is 60.5 Å². The fourth-order valence-electron chi connectivity index (χ4n) is 3.51. The first-order chi connectivity index (χ1) is 14.0. The molecule has 0 N–H and O–H groups in total. The highest BCUT2D eigenvalue weighted by Gasteiger charge is 2.29. The maximum atomic E-state index is 14.0. The van der Waals surface area contributed by atoms with Crippen molar-refractivity contribution >= 4 is 11.8 Å². The van der Waals surface area contributed by atoms with Gasteiger partial charge in [-0.2, -0.15) is 0 Å². The summed E-state index contributed by atoms with van der Waals surface area (Å²) in [6, 6.07) is 15.1. The molecule has 1 aliphatic heterocycles. The third kappa shape index (κ3) is 5.41. The van der Waals surface area contributed by atoms with Crippen LogP contribution in [0, 0.1) is 11.7 Å². The monoisotopic (exact) mass is 398 g/mol. The van der Waals surface area contributed by atoms with Gasteiger partial charge in [0.05, 0.1) is 18.3 Å². The van der Waals surface area contributed by atoms with Crippen LogP contribution in [0.1, 0.15) is 34.6 Å². The second kappa shape index (κ2) is 9.65. The van der Waals surface area contributed by atoms with E-state index >= 15 is 0 Å². The number of carbonyl (C=O) groups is 2. The van der Waals surface area contributed by atoms with Crippen molar-refractivity contribution in [1.82, 2.24) is 9.80 Å². The zero-order valence-corrected chi connectivity index (χ0v) is 16.9. The molecule has 1 heterocycles. The fourth-order valence-corrected chi connectivity index (χ4v) is 3.51. The van der Waals surface area contributed by atoms with Gasteiger partial charge in [-0.05, 0) is 30.2 Å². The SMILES string of the molecule is CC(C)CN(CC1CN(C(=O)c2ccccc2F)CCO1)C(=O)c1ccccc1. The molecule has 1 aliphatic rings. The van der Waals surface area contributed by atoms with Crippen molar-refractivity contribution in [3.05, 3.63) is 71.5 Å². The second-order valence-electron chi connectivity index (χ2n) is 7.69. The maximum absolute atomic E-state index is 14.0. The predicted molar refractivity (Wildman–Crippen MR) is 109 cm³/mol. The highest BCUT2D eigenvalue weighted by atomic mass is 19.1. The molecule has 2 aromatic carbocycles. The van der Waals surface area contributed by atoms with E-state index in [0.29, 0.717) is 44.3 Å². The molecule has 0 saturated carbocycles. The summed E-state index contributed by atoms with van der Waals surface area (Å²) in [5.74, 6) is -0.634. The Hall–Kier alpha value is -2.73. The normalized spacial score (nSPS) is 16.7. The summed E-state index contributed by atoms with van der Waals surface area (Å²) in [4.78, 5) is 29.1. The van der Waals surface area contributed by atoms with Gasteiger partial charge < -0.3 is 14.5 Å². The van der Waals surface area contributed by atoms with Gasteiger partial charge in [-0.3, -0.25) is 9.59 Å². The number of amides is 2. The summed E-state index contributed by atoms with van der Waals surface area (Å²) in [7, 11) is 0. The number of rotatable bonds is 6. The van der Waals surface area contributed by atoms with Crippen LogP contribution in [0.2, 0.25) is 0 Å². The van der Waals surface area contributed by atoms with Crippen molar-refractivity contribution in [3.63, 3.8) is 0 Å². The van der Waals surface area contributed by atoms with Gasteiger partial charge in [0.15, 0.2) is 0 Å². The molecule has 1 atom stereocenters. The minimum atomic E-state index is -0.527. The van der Waals surface area contributed by atoms with Gasteiger partial charge in [-0.15, -0.1) is 0 Å². The van der Waals surface area contributed by atoms with E-state index < -0.39 is 5.82 Å². The number of benzene rings is 2. The highest BCUT2D eigenvalue weighted by molar-refractivity contribution is 5.95. The van der Waals surface area contributed by atoms with Crippen molar-refractivity contribution in [2.75, 3.05) is 32.8 Å². The molecule has 3 rings (SSSR count). The Balaban J connectivity index is 1.70. The van der Waals surface area contributed by atoms with Crippen LogP contribution in [-0.2, 0) is 4.74 Å². The van der Waals surface area contributed by atoms with E-state index in [9.17, 15) is 14.0 Å². The summed E-state index contributed by atoms with van der Waals surface area (Å²) in [6.45, 7) is 6.17. The first-order valence-corrected chi connectivity index (χ1v) is 9.95. The molecular weight excluding hydrogens is 371 g/mol. The van der Waals surface area contributed by atoms with E-state index in [2.05, 4.69) is 13.8 Å². The standard InChI is InChI=1S/C23H27FN2O3/c1-17(2)14-26(22(27)18-8-4-3-5-9-18)16-19-15-25(12-13-29-19)23(28)20-10-6-7-11-21(20)24/h3-11,17,19H,12-16H2,1-2H3. The summed E-state index contributed by atoms with van der Waals surface area (Å²) in [5, 5.41) is 0. The molecule has 0 spiro atoms. The Labute approximate surface area is 171 Å². The zero-order chi connectivity index (χ0) is 20.8. The number of nitrogens with zero attached hydrogens (tertiary/aromatic N) is 2. The molecule has 1 fully saturated rings. The van der Waals surface area contributed by atoms with Crippen LogP contribution < -0.4 is 0 Å². The third-order valence-corrected chi connectivity index (χ3v) is 4.85. The molecule has 154 valence electrons. The molecule has 0 aromatic heterocycles. The van der Waals surface area contributed by atoms with Crippen molar-refractivity contribution in [3.8, 4) is 0 Å². The molecule has 5 nitrogen and oxygen atoms in total. The zero-order valence-electron chi connectivity index (χ0n) is 16.9. The molecule has 1 saturated heterocycles. The molecule has 0 aliphatic carbocycles. The second-order valence-corrected chi connectivity index (χ2v) is 7.69. The van der Waals surface area contributed by atoms with Crippen molar-refractivity contribution in [1.29, 1.82) is 0 Å². The topological polar surface area (TPSA) is 49.9 Å². The number of ether oxygens (including phenoxy) is 1. The molecule has 29 heavy (non-hydrogen) atoms. The number of halogens is 1. The molecule has 2 aromatic rings. The largest absolute Gasteiger partial charge is 0.373 e. The van der Waals surface area contributed by atoms with E-state index in [1.807, 2.05) is 18.2 Å². The van der Waals surface area contributed by atoms with Crippen LogP contribution in [0.5, 0.6) is 0 Å². The van der Waals surface area contributed by atoms with Crippen LogP contribution in [0.15, 0.2) is 54.6 Å². The van der Waals surface area contributed by atoms with Gasteiger partial charge in [-0.1, -0.05) is 44.2 Å². The van der Waals surface area contributed by atoms with Crippen molar-refractivity contribution < 1.29 is 18.7 Å². The lowest BCUT2D eigenvalue weighted by Crippen LogP contribution is -2.51. The van der Waals surface area contributed by atoms with Gasteiger partial charge in [0, 0.05) is 31.7 Å². The van der Waals surface area contributed by atoms with Crippen molar-refractivity contribution in [2.45, 2.75) is 20.0 Å². The quantitative estimate of drug-likeness (QED) is 0.749. The van der Waals surface area contributed by atoms with E-state index in [4.69, 9.17) is 4.74 Å². The van der Waals surface area contributed by atoms with Crippen LogP contribution in [0.25, 0.3) is 0 Å².